The lowest BCUT2D eigenvalue weighted by molar-refractivity contribution is -0.140. The van der Waals surface area contributed by atoms with Crippen molar-refractivity contribution in [2.45, 2.75) is 58.5 Å². The van der Waals surface area contributed by atoms with Gasteiger partial charge in [-0.3, -0.25) is 13.9 Å². The average Bonchev–Trinajstić information content (AvgIpc) is 3.03. The van der Waals surface area contributed by atoms with Gasteiger partial charge in [0.15, 0.2) is 0 Å². The van der Waals surface area contributed by atoms with E-state index in [4.69, 9.17) is 0 Å². The number of carbonyl (C=O) groups excluding carboxylic acids is 2. The highest BCUT2D eigenvalue weighted by Gasteiger charge is 2.35. The van der Waals surface area contributed by atoms with Crippen molar-refractivity contribution >= 4 is 27.5 Å². The Bertz CT molecular complexity index is 1690. The van der Waals surface area contributed by atoms with Crippen molar-refractivity contribution in [1.82, 2.24) is 10.2 Å². The van der Waals surface area contributed by atoms with Crippen molar-refractivity contribution < 1.29 is 18.0 Å². The first-order valence-corrected chi connectivity index (χ1v) is 16.7. The van der Waals surface area contributed by atoms with Gasteiger partial charge in [-0.25, -0.2) is 8.42 Å². The molecule has 0 aliphatic heterocycles. The molecule has 0 radical (unpaired) electrons. The Morgan fingerprint density at radius 3 is 2.00 bits per heavy atom. The molecule has 0 saturated carbocycles. The summed E-state index contributed by atoms with van der Waals surface area (Å²) in [6.45, 7) is 9.88. The standard InChI is InChI=1S/C37H43N3O4S/c1-27(2)24-38-37(42)35(23-31-14-8-6-9-15-31)39(25-32-21-19-28(3)20-22-32)36(41)26-40(34-18-12-13-29(4)30(34)5)45(43,44)33-16-10-7-11-17-33/h6-22,27,35H,23-26H2,1-5H3,(H,38,42)/t35-/m1/s1. The summed E-state index contributed by atoms with van der Waals surface area (Å²) in [6.07, 6.45) is 0.275. The van der Waals surface area contributed by atoms with Crippen LogP contribution in [0.5, 0.6) is 0 Å². The fourth-order valence-electron chi connectivity index (χ4n) is 5.11. The Morgan fingerprint density at radius 1 is 0.756 bits per heavy atom. The summed E-state index contributed by atoms with van der Waals surface area (Å²) in [4.78, 5) is 30.1. The zero-order valence-corrected chi connectivity index (χ0v) is 27.6. The van der Waals surface area contributed by atoms with E-state index >= 15 is 0 Å². The van der Waals surface area contributed by atoms with Crippen molar-refractivity contribution in [1.29, 1.82) is 0 Å². The molecule has 0 aliphatic rings. The second-order valence-electron chi connectivity index (χ2n) is 11.9. The summed E-state index contributed by atoms with van der Waals surface area (Å²) < 4.78 is 29.6. The normalized spacial score (nSPS) is 12.0. The SMILES string of the molecule is Cc1ccc(CN(C(=O)CN(c2cccc(C)c2C)S(=O)(=O)c2ccccc2)[C@H](Cc2ccccc2)C(=O)NCC(C)C)cc1. The summed E-state index contributed by atoms with van der Waals surface area (Å²) >= 11 is 0. The lowest BCUT2D eigenvalue weighted by Gasteiger charge is -2.34. The molecule has 0 bridgehead atoms. The number of carbonyl (C=O) groups is 2. The van der Waals surface area contributed by atoms with Gasteiger partial charge in [-0.05, 0) is 67.1 Å². The van der Waals surface area contributed by atoms with Gasteiger partial charge in [-0.15, -0.1) is 0 Å². The maximum absolute atomic E-state index is 14.6. The summed E-state index contributed by atoms with van der Waals surface area (Å²) in [5.41, 5.74) is 4.89. The molecule has 0 spiro atoms. The van der Waals surface area contributed by atoms with Crippen LogP contribution in [0.1, 0.15) is 41.7 Å². The summed E-state index contributed by atoms with van der Waals surface area (Å²) in [5, 5.41) is 3.03. The largest absolute Gasteiger partial charge is 0.354 e. The Labute approximate surface area is 268 Å². The van der Waals surface area contributed by atoms with E-state index in [-0.39, 0.29) is 29.7 Å². The van der Waals surface area contributed by atoms with Crippen LogP contribution in [-0.2, 0) is 32.6 Å². The average molecular weight is 626 g/mol. The molecule has 0 heterocycles. The monoisotopic (exact) mass is 625 g/mol. The van der Waals surface area contributed by atoms with Crippen molar-refractivity contribution in [2.75, 3.05) is 17.4 Å². The third kappa shape index (κ3) is 8.60. The molecule has 8 heteroatoms. The first-order chi connectivity index (χ1) is 21.5. The van der Waals surface area contributed by atoms with Crippen LogP contribution in [0.25, 0.3) is 0 Å². The predicted molar refractivity (Wildman–Crippen MR) is 180 cm³/mol. The van der Waals surface area contributed by atoms with Crippen molar-refractivity contribution in [2.24, 2.45) is 5.92 Å². The molecule has 1 atom stereocenters. The first-order valence-electron chi connectivity index (χ1n) is 15.3. The molecule has 0 aliphatic carbocycles. The number of aryl methyl sites for hydroxylation is 2. The van der Waals surface area contributed by atoms with Crippen molar-refractivity contribution in [3.05, 3.63) is 131 Å². The minimum absolute atomic E-state index is 0.0827. The van der Waals surface area contributed by atoms with E-state index in [0.29, 0.717) is 12.2 Å². The number of sulfonamides is 1. The summed E-state index contributed by atoms with van der Waals surface area (Å²) in [7, 11) is -4.14. The Morgan fingerprint density at radius 2 is 1.38 bits per heavy atom. The van der Waals surface area contributed by atoms with Gasteiger partial charge in [0.1, 0.15) is 12.6 Å². The minimum atomic E-state index is -4.14. The van der Waals surface area contributed by atoms with Crippen LogP contribution in [-0.4, -0.2) is 44.3 Å². The van der Waals surface area contributed by atoms with E-state index in [9.17, 15) is 18.0 Å². The fourth-order valence-corrected chi connectivity index (χ4v) is 6.60. The zero-order valence-electron chi connectivity index (χ0n) is 26.7. The van der Waals surface area contributed by atoms with Gasteiger partial charge in [0, 0.05) is 19.5 Å². The van der Waals surface area contributed by atoms with Gasteiger partial charge in [0.2, 0.25) is 11.8 Å². The van der Waals surface area contributed by atoms with Gasteiger partial charge >= 0.3 is 0 Å². The second kappa shape index (κ2) is 15.0. The maximum Gasteiger partial charge on any atom is 0.264 e. The van der Waals surface area contributed by atoms with Crippen LogP contribution in [0, 0.1) is 26.7 Å². The number of rotatable bonds is 13. The highest BCUT2D eigenvalue weighted by molar-refractivity contribution is 7.92. The minimum Gasteiger partial charge on any atom is -0.354 e. The van der Waals surface area contributed by atoms with Crippen LogP contribution < -0.4 is 9.62 Å². The number of anilines is 1. The number of hydrogen-bond donors (Lipinski definition) is 1. The van der Waals surface area contributed by atoms with Crippen molar-refractivity contribution in [3.8, 4) is 0 Å². The molecule has 4 rings (SSSR count). The van der Waals surface area contributed by atoms with E-state index in [2.05, 4.69) is 5.32 Å². The van der Waals surface area contributed by atoms with Gasteiger partial charge in [-0.2, -0.15) is 0 Å². The molecule has 4 aromatic carbocycles. The predicted octanol–water partition coefficient (Wildman–Crippen LogP) is 6.22. The molecule has 7 nitrogen and oxygen atoms in total. The zero-order chi connectivity index (χ0) is 32.6. The highest BCUT2D eigenvalue weighted by atomic mass is 32.2. The lowest BCUT2D eigenvalue weighted by Crippen LogP contribution is -2.53. The number of amides is 2. The van der Waals surface area contributed by atoms with Gasteiger partial charge in [0.25, 0.3) is 10.0 Å². The number of benzene rings is 4. The molecule has 0 saturated heterocycles. The van der Waals surface area contributed by atoms with E-state index in [1.165, 1.54) is 21.3 Å². The summed E-state index contributed by atoms with van der Waals surface area (Å²) in [6, 6.07) is 30.0. The van der Waals surface area contributed by atoms with Gasteiger partial charge in [-0.1, -0.05) is 104 Å². The third-order valence-electron chi connectivity index (χ3n) is 7.88. The number of hydrogen-bond acceptors (Lipinski definition) is 4. The van der Waals surface area contributed by atoms with E-state index in [1.54, 1.807) is 30.3 Å². The van der Waals surface area contributed by atoms with E-state index in [0.717, 1.165) is 27.8 Å². The molecule has 1 N–H and O–H groups in total. The van der Waals surface area contributed by atoms with Crippen LogP contribution in [0.2, 0.25) is 0 Å². The highest BCUT2D eigenvalue weighted by Crippen LogP contribution is 2.29. The Hall–Kier alpha value is -4.43. The maximum atomic E-state index is 14.6. The molecule has 4 aromatic rings. The molecular weight excluding hydrogens is 582 g/mol. The Kier molecular flexibility index (Phi) is 11.2. The quantitative estimate of drug-likeness (QED) is 0.191. The lowest BCUT2D eigenvalue weighted by atomic mass is 10.0. The van der Waals surface area contributed by atoms with Crippen LogP contribution in [0.15, 0.2) is 108 Å². The topological polar surface area (TPSA) is 86.8 Å². The fraction of sp³-hybridized carbons (Fsp3) is 0.297. The smallest absolute Gasteiger partial charge is 0.264 e. The molecular formula is C37H43N3O4S. The second-order valence-corrected chi connectivity index (χ2v) is 13.8. The first kappa shape index (κ1) is 33.5. The van der Waals surface area contributed by atoms with Crippen LogP contribution in [0.4, 0.5) is 5.69 Å². The number of nitrogens with zero attached hydrogens (tertiary/aromatic N) is 2. The molecule has 2 amide bonds. The van der Waals surface area contributed by atoms with Crippen molar-refractivity contribution in [3.63, 3.8) is 0 Å². The molecule has 236 valence electrons. The summed E-state index contributed by atoms with van der Waals surface area (Å²) in [5.74, 6) is -0.544. The molecule has 45 heavy (non-hydrogen) atoms. The molecule has 0 fully saturated rings. The molecule has 0 aromatic heterocycles. The number of nitrogens with one attached hydrogen (secondary N) is 1. The van der Waals surface area contributed by atoms with Crippen LogP contribution >= 0.6 is 0 Å². The Balaban J connectivity index is 1.82. The van der Waals surface area contributed by atoms with Crippen LogP contribution in [0.3, 0.4) is 0 Å². The molecule has 0 unspecified atom stereocenters. The van der Waals surface area contributed by atoms with Gasteiger partial charge in [0.05, 0.1) is 10.6 Å². The van der Waals surface area contributed by atoms with E-state index < -0.39 is 28.5 Å². The third-order valence-corrected chi connectivity index (χ3v) is 9.66. The van der Waals surface area contributed by atoms with Gasteiger partial charge < -0.3 is 10.2 Å². The van der Waals surface area contributed by atoms with E-state index in [1.807, 2.05) is 95.3 Å².